The van der Waals surface area contributed by atoms with Crippen molar-refractivity contribution in [2.75, 3.05) is 0 Å². The molecule has 25 heavy (non-hydrogen) atoms. The van der Waals surface area contributed by atoms with Gasteiger partial charge in [-0.25, -0.2) is 9.67 Å². The van der Waals surface area contributed by atoms with E-state index in [4.69, 9.17) is 10.1 Å². The number of H-pyrrole nitrogens is 1. The summed E-state index contributed by atoms with van der Waals surface area (Å²) in [5.74, 6) is 0.768. The number of hydrogen-bond acceptors (Lipinski definition) is 4. The molecule has 2 aromatic heterocycles. The summed E-state index contributed by atoms with van der Waals surface area (Å²) in [6.45, 7) is 2.01. The van der Waals surface area contributed by atoms with Crippen molar-refractivity contribution >= 4 is 11.0 Å². The first-order chi connectivity index (χ1) is 12.2. The summed E-state index contributed by atoms with van der Waals surface area (Å²) in [7, 11) is 0. The Morgan fingerprint density at radius 3 is 2.76 bits per heavy atom. The number of fused-ring (bicyclic) bond motifs is 1. The molecule has 6 heteroatoms. The van der Waals surface area contributed by atoms with E-state index in [1.165, 1.54) is 12.8 Å². The smallest absolute Gasteiger partial charge is 0.262 e. The van der Waals surface area contributed by atoms with E-state index in [0.717, 1.165) is 24.1 Å². The molecule has 0 spiro atoms. The molecule has 1 saturated carbocycles. The van der Waals surface area contributed by atoms with Gasteiger partial charge in [0.15, 0.2) is 5.65 Å². The minimum Gasteiger partial charge on any atom is -0.508 e. The van der Waals surface area contributed by atoms with Gasteiger partial charge in [-0.3, -0.25) is 4.79 Å². The zero-order chi connectivity index (χ0) is 17.4. The number of aromatic amines is 1. The quantitative estimate of drug-likeness (QED) is 0.765. The zero-order valence-electron chi connectivity index (χ0n) is 14.3. The van der Waals surface area contributed by atoms with Gasteiger partial charge in [-0.2, -0.15) is 5.10 Å². The Morgan fingerprint density at radius 1 is 1.28 bits per heavy atom. The zero-order valence-corrected chi connectivity index (χ0v) is 14.3. The summed E-state index contributed by atoms with van der Waals surface area (Å²) >= 11 is 0. The second kappa shape index (κ2) is 6.35. The van der Waals surface area contributed by atoms with Crippen LogP contribution in [0.4, 0.5) is 0 Å². The fourth-order valence-electron chi connectivity index (χ4n) is 3.74. The third-order valence-electron chi connectivity index (χ3n) is 5.04. The number of aryl methyl sites for hydroxylation is 1. The van der Waals surface area contributed by atoms with Crippen LogP contribution in [-0.2, 0) is 12.8 Å². The van der Waals surface area contributed by atoms with Crippen LogP contribution in [0.15, 0.2) is 29.1 Å². The predicted octanol–water partition coefficient (Wildman–Crippen LogP) is 3.09. The van der Waals surface area contributed by atoms with Crippen LogP contribution in [0.25, 0.3) is 11.0 Å². The molecule has 1 aliphatic carbocycles. The molecule has 0 amide bonds. The number of aromatic hydroxyl groups is 1. The fourth-order valence-corrected chi connectivity index (χ4v) is 3.74. The summed E-state index contributed by atoms with van der Waals surface area (Å²) in [6, 6.07) is 7.45. The minimum atomic E-state index is -0.142. The van der Waals surface area contributed by atoms with Gasteiger partial charge in [0.1, 0.15) is 17.0 Å². The van der Waals surface area contributed by atoms with E-state index in [1.54, 1.807) is 12.1 Å². The Labute approximate surface area is 145 Å². The van der Waals surface area contributed by atoms with Crippen LogP contribution in [0.1, 0.15) is 55.7 Å². The number of phenols is 1. The SMILES string of the molecule is CCc1nn(C2CCCC2)c2nc(Cc3ccccc3O)[nH]c(=O)c12. The molecule has 0 radical (unpaired) electrons. The Kier molecular flexibility index (Phi) is 4.03. The molecule has 0 bridgehead atoms. The van der Waals surface area contributed by atoms with Crippen LogP contribution in [0.5, 0.6) is 5.75 Å². The molecule has 1 fully saturated rings. The van der Waals surface area contributed by atoms with Crippen molar-refractivity contribution in [1.82, 2.24) is 19.7 Å². The predicted molar refractivity (Wildman–Crippen MR) is 95.9 cm³/mol. The first-order valence-electron chi connectivity index (χ1n) is 8.94. The maximum absolute atomic E-state index is 12.7. The van der Waals surface area contributed by atoms with E-state index in [9.17, 15) is 9.90 Å². The lowest BCUT2D eigenvalue weighted by Crippen LogP contribution is -2.14. The molecule has 0 saturated heterocycles. The number of benzene rings is 1. The fraction of sp³-hybridized carbons (Fsp3) is 0.421. The molecule has 130 valence electrons. The van der Waals surface area contributed by atoms with Gasteiger partial charge in [0.25, 0.3) is 5.56 Å². The summed E-state index contributed by atoms with van der Waals surface area (Å²) in [6.07, 6.45) is 5.66. The van der Waals surface area contributed by atoms with Crippen LogP contribution in [0, 0.1) is 0 Å². The van der Waals surface area contributed by atoms with Crippen LogP contribution in [0.3, 0.4) is 0 Å². The molecule has 0 unspecified atom stereocenters. The molecule has 1 aliphatic rings. The van der Waals surface area contributed by atoms with Crippen LogP contribution in [0.2, 0.25) is 0 Å². The first kappa shape index (κ1) is 15.9. The molecule has 1 aromatic carbocycles. The second-order valence-electron chi connectivity index (χ2n) is 6.70. The normalized spacial score (nSPS) is 15.2. The van der Waals surface area contributed by atoms with E-state index in [-0.39, 0.29) is 11.3 Å². The minimum absolute atomic E-state index is 0.142. The monoisotopic (exact) mass is 338 g/mol. The van der Waals surface area contributed by atoms with Crippen LogP contribution < -0.4 is 5.56 Å². The lowest BCUT2D eigenvalue weighted by molar-refractivity contribution is 0.468. The molecule has 3 aromatic rings. The van der Waals surface area contributed by atoms with Gasteiger partial charge >= 0.3 is 0 Å². The number of aromatic nitrogens is 4. The maximum Gasteiger partial charge on any atom is 0.262 e. The molecule has 2 N–H and O–H groups in total. The Hall–Kier alpha value is -2.63. The number of para-hydroxylation sites is 1. The van der Waals surface area contributed by atoms with Crippen molar-refractivity contribution in [1.29, 1.82) is 0 Å². The number of nitrogens with one attached hydrogen (secondary N) is 1. The molecular weight excluding hydrogens is 316 g/mol. The van der Waals surface area contributed by atoms with Gasteiger partial charge in [0, 0.05) is 12.0 Å². The Bertz CT molecular complexity index is 967. The Balaban J connectivity index is 1.83. The summed E-state index contributed by atoms with van der Waals surface area (Å²) in [4.78, 5) is 20.3. The number of phenolic OH excluding ortho intramolecular Hbond substituents is 1. The highest BCUT2D eigenvalue weighted by Crippen LogP contribution is 2.31. The second-order valence-corrected chi connectivity index (χ2v) is 6.70. The van der Waals surface area contributed by atoms with Crippen LogP contribution in [-0.4, -0.2) is 24.9 Å². The Morgan fingerprint density at radius 2 is 2.04 bits per heavy atom. The van der Waals surface area contributed by atoms with Gasteiger partial charge in [-0.05, 0) is 25.3 Å². The van der Waals surface area contributed by atoms with E-state index in [2.05, 4.69) is 4.98 Å². The van der Waals surface area contributed by atoms with E-state index >= 15 is 0 Å². The summed E-state index contributed by atoms with van der Waals surface area (Å²) in [5, 5.41) is 15.3. The number of hydrogen-bond donors (Lipinski definition) is 2. The summed E-state index contributed by atoms with van der Waals surface area (Å²) < 4.78 is 1.96. The molecular formula is C19H22N4O2. The third kappa shape index (κ3) is 2.81. The van der Waals surface area contributed by atoms with Gasteiger partial charge < -0.3 is 10.1 Å². The van der Waals surface area contributed by atoms with Crippen molar-refractivity contribution in [3.05, 3.63) is 51.7 Å². The maximum atomic E-state index is 12.7. The highest BCUT2D eigenvalue weighted by Gasteiger charge is 2.24. The molecule has 4 rings (SSSR count). The largest absolute Gasteiger partial charge is 0.508 e. The highest BCUT2D eigenvalue weighted by molar-refractivity contribution is 5.77. The van der Waals surface area contributed by atoms with Gasteiger partial charge in [0.2, 0.25) is 0 Å². The van der Waals surface area contributed by atoms with Crippen molar-refractivity contribution in [3.8, 4) is 5.75 Å². The van der Waals surface area contributed by atoms with E-state index in [1.807, 2.05) is 23.7 Å². The summed E-state index contributed by atoms with van der Waals surface area (Å²) in [5.41, 5.74) is 2.09. The molecule has 6 nitrogen and oxygen atoms in total. The third-order valence-corrected chi connectivity index (χ3v) is 5.04. The standard InChI is InChI=1S/C19H22N4O2/c1-2-14-17-18(23(22-14)13-8-4-5-9-13)20-16(21-19(17)25)11-12-7-3-6-10-15(12)24/h3,6-7,10,13,24H,2,4-5,8-9,11H2,1H3,(H,20,21,25). The molecule has 2 heterocycles. The average molecular weight is 338 g/mol. The topological polar surface area (TPSA) is 83.8 Å². The van der Waals surface area contributed by atoms with Crippen molar-refractivity contribution in [3.63, 3.8) is 0 Å². The highest BCUT2D eigenvalue weighted by atomic mass is 16.3. The first-order valence-corrected chi connectivity index (χ1v) is 8.94. The number of rotatable bonds is 4. The average Bonchev–Trinajstić information content (AvgIpc) is 3.24. The van der Waals surface area contributed by atoms with E-state index in [0.29, 0.717) is 35.7 Å². The lowest BCUT2D eigenvalue weighted by atomic mass is 10.1. The van der Waals surface area contributed by atoms with Crippen molar-refractivity contribution in [2.45, 2.75) is 51.5 Å². The van der Waals surface area contributed by atoms with Gasteiger partial charge in [0.05, 0.1) is 11.7 Å². The van der Waals surface area contributed by atoms with Crippen molar-refractivity contribution < 1.29 is 5.11 Å². The van der Waals surface area contributed by atoms with E-state index < -0.39 is 0 Å². The van der Waals surface area contributed by atoms with Crippen molar-refractivity contribution in [2.24, 2.45) is 0 Å². The van der Waals surface area contributed by atoms with Gasteiger partial charge in [-0.15, -0.1) is 0 Å². The molecule has 0 atom stereocenters. The lowest BCUT2D eigenvalue weighted by Gasteiger charge is -2.11. The number of nitrogens with zero attached hydrogens (tertiary/aromatic N) is 3. The van der Waals surface area contributed by atoms with Gasteiger partial charge in [-0.1, -0.05) is 38.0 Å². The van der Waals surface area contributed by atoms with Crippen LogP contribution >= 0.6 is 0 Å². The molecule has 0 aliphatic heterocycles.